The van der Waals surface area contributed by atoms with Gasteiger partial charge in [0.1, 0.15) is 0 Å². The molecule has 8 nitrogen and oxygen atoms in total. The Hall–Kier alpha value is -3.68. The molecule has 0 unspecified atom stereocenters. The maximum Gasteiger partial charge on any atom is 0.310 e. The molecule has 0 bridgehead atoms. The minimum atomic E-state index is -0.382. The van der Waals surface area contributed by atoms with Gasteiger partial charge in [0.15, 0.2) is 23.0 Å². The maximum absolute atomic E-state index is 12.0. The fourth-order valence-electron chi connectivity index (χ4n) is 3.45. The van der Waals surface area contributed by atoms with Crippen LogP contribution in [0, 0.1) is 0 Å². The highest BCUT2D eigenvalue weighted by Gasteiger charge is 2.20. The minimum Gasteiger partial charge on any atom is -0.493 e. The van der Waals surface area contributed by atoms with Crippen LogP contribution in [0.1, 0.15) is 5.56 Å². The summed E-state index contributed by atoms with van der Waals surface area (Å²) in [5.74, 6) is 2.09. The molecule has 0 aliphatic rings. The van der Waals surface area contributed by atoms with Gasteiger partial charge in [-0.05, 0) is 35.2 Å². The lowest BCUT2D eigenvalue weighted by Crippen LogP contribution is -2.07. The predicted molar refractivity (Wildman–Crippen MR) is 116 cm³/mol. The summed E-state index contributed by atoms with van der Waals surface area (Å²) in [5, 5.41) is 1.52. The van der Waals surface area contributed by atoms with Crippen LogP contribution >= 0.6 is 0 Å². The molecule has 1 heterocycles. The monoisotopic (exact) mass is 427 g/mol. The molecule has 164 valence electrons. The predicted octanol–water partition coefficient (Wildman–Crippen LogP) is 3.66. The second-order valence-electron chi connectivity index (χ2n) is 6.53. The van der Waals surface area contributed by atoms with Crippen LogP contribution in [-0.2, 0) is 16.0 Å². The van der Waals surface area contributed by atoms with Gasteiger partial charge in [-0.25, -0.2) is 4.98 Å². The third kappa shape index (κ3) is 4.14. The number of carbonyl (C=O) groups is 1. The SMILES string of the molecule is COC(=O)Cc1cc(OC)c(OC)cc1-c1cc2ccc(OC)c(OC)c2c(OC)n1. The van der Waals surface area contributed by atoms with Crippen LogP contribution in [0.4, 0.5) is 0 Å². The number of pyridine rings is 1. The topological polar surface area (TPSA) is 85.3 Å². The van der Waals surface area contributed by atoms with E-state index in [2.05, 4.69) is 0 Å². The normalized spacial score (nSPS) is 10.5. The van der Waals surface area contributed by atoms with E-state index in [9.17, 15) is 4.79 Å². The number of hydrogen-bond donors (Lipinski definition) is 0. The van der Waals surface area contributed by atoms with Crippen molar-refractivity contribution in [3.8, 4) is 40.1 Å². The molecule has 0 fully saturated rings. The van der Waals surface area contributed by atoms with Crippen molar-refractivity contribution in [3.63, 3.8) is 0 Å². The number of aromatic nitrogens is 1. The molecule has 0 spiro atoms. The lowest BCUT2D eigenvalue weighted by atomic mass is 9.98. The van der Waals surface area contributed by atoms with Crippen molar-refractivity contribution in [2.24, 2.45) is 0 Å². The van der Waals surface area contributed by atoms with Crippen molar-refractivity contribution in [3.05, 3.63) is 35.9 Å². The summed E-state index contributed by atoms with van der Waals surface area (Å²) in [4.78, 5) is 16.7. The summed E-state index contributed by atoms with van der Waals surface area (Å²) in [7, 11) is 9.10. The fourth-order valence-corrected chi connectivity index (χ4v) is 3.45. The summed E-state index contributed by atoms with van der Waals surface area (Å²) in [6.45, 7) is 0. The Morgan fingerprint density at radius 3 is 2.06 bits per heavy atom. The molecular weight excluding hydrogens is 402 g/mol. The number of nitrogens with zero attached hydrogens (tertiary/aromatic N) is 1. The Balaban J connectivity index is 2.30. The molecule has 0 saturated carbocycles. The number of methoxy groups -OCH3 is 6. The van der Waals surface area contributed by atoms with E-state index in [0.29, 0.717) is 51.1 Å². The summed E-state index contributed by atoms with van der Waals surface area (Å²) in [6, 6.07) is 9.13. The van der Waals surface area contributed by atoms with Gasteiger partial charge in [0.25, 0.3) is 0 Å². The van der Waals surface area contributed by atoms with E-state index in [-0.39, 0.29) is 12.4 Å². The highest BCUT2D eigenvalue weighted by Crippen LogP contribution is 2.43. The van der Waals surface area contributed by atoms with Gasteiger partial charge in [0, 0.05) is 5.56 Å². The van der Waals surface area contributed by atoms with E-state index in [0.717, 1.165) is 5.39 Å². The summed E-state index contributed by atoms with van der Waals surface area (Å²) >= 11 is 0. The van der Waals surface area contributed by atoms with Gasteiger partial charge in [0.05, 0.1) is 60.2 Å². The first-order valence-corrected chi connectivity index (χ1v) is 9.43. The van der Waals surface area contributed by atoms with Gasteiger partial charge in [-0.3, -0.25) is 4.79 Å². The largest absolute Gasteiger partial charge is 0.493 e. The molecule has 0 saturated heterocycles. The first kappa shape index (κ1) is 22.0. The number of benzene rings is 2. The van der Waals surface area contributed by atoms with E-state index < -0.39 is 0 Å². The molecule has 31 heavy (non-hydrogen) atoms. The Morgan fingerprint density at radius 1 is 0.806 bits per heavy atom. The number of carbonyl (C=O) groups excluding carboxylic acids is 1. The second-order valence-corrected chi connectivity index (χ2v) is 6.53. The summed E-state index contributed by atoms with van der Waals surface area (Å²) in [5.41, 5.74) is 1.97. The number of ether oxygens (including phenoxy) is 6. The molecule has 0 radical (unpaired) electrons. The molecule has 1 aromatic heterocycles. The van der Waals surface area contributed by atoms with Gasteiger partial charge >= 0.3 is 5.97 Å². The molecule has 3 rings (SSSR count). The van der Waals surface area contributed by atoms with Crippen molar-refractivity contribution in [2.45, 2.75) is 6.42 Å². The quantitative estimate of drug-likeness (QED) is 0.504. The van der Waals surface area contributed by atoms with Crippen molar-refractivity contribution in [2.75, 3.05) is 42.7 Å². The van der Waals surface area contributed by atoms with Crippen molar-refractivity contribution >= 4 is 16.7 Å². The van der Waals surface area contributed by atoms with Crippen molar-refractivity contribution in [1.82, 2.24) is 4.98 Å². The molecule has 0 amide bonds. The number of hydrogen-bond acceptors (Lipinski definition) is 8. The van der Waals surface area contributed by atoms with Crippen LogP contribution in [-0.4, -0.2) is 53.6 Å². The first-order valence-electron chi connectivity index (χ1n) is 9.43. The number of esters is 1. The maximum atomic E-state index is 12.0. The van der Waals surface area contributed by atoms with Crippen LogP contribution in [0.25, 0.3) is 22.0 Å². The summed E-state index contributed by atoms with van der Waals surface area (Å²) < 4.78 is 32.3. The van der Waals surface area contributed by atoms with Crippen LogP contribution < -0.4 is 23.7 Å². The molecule has 0 atom stereocenters. The molecule has 0 N–H and O–H groups in total. The van der Waals surface area contributed by atoms with Gasteiger partial charge < -0.3 is 28.4 Å². The Kier molecular flexibility index (Phi) is 6.69. The molecular formula is C23H25NO7. The van der Waals surface area contributed by atoms with E-state index in [1.54, 1.807) is 33.5 Å². The van der Waals surface area contributed by atoms with Crippen LogP contribution in [0.15, 0.2) is 30.3 Å². The Labute approximate surface area is 180 Å². The van der Waals surface area contributed by atoms with Crippen molar-refractivity contribution < 1.29 is 33.2 Å². The highest BCUT2D eigenvalue weighted by molar-refractivity contribution is 5.97. The zero-order valence-corrected chi connectivity index (χ0v) is 18.4. The van der Waals surface area contributed by atoms with Gasteiger partial charge in [-0.2, -0.15) is 0 Å². The molecule has 0 aliphatic heterocycles. The van der Waals surface area contributed by atoms with E-state index in [1.165, 1.54) is 21.3 Å². The first-order chi connectivity index (χ1) is 15.0. The van der Waals surface area contributed by atoms with Gasteiger partial charge in [-0.1, -0.05) is 6.07 Å². The number of fused-ring (bicyclic) bond motifs is 1. The van der Waals surface area contributed by atoms with Crippen LogP contribution in [0.2, 0.25) is 0 Å². The third-order valence-electron chi connectivity index (χ3n) is 4.95. The third-order valence-corrected chi connectivity index (χ3v) is 4.95. The minimum absolute atomic E-state index is 0.0418. The van der Waals surface area contributed by atoms with E-state index in [1.807, 2.05) is 18.2 Å². The fraction of sp³-hybridized carbons (Fsp3) is 0.304. The van der Waals surface area contributed by atoms with E-state index in [4.69, 9.17) is 33.4 Å². The average Bonchev–Trinajstić information content (AvgIpc) is 2.81. The molecule has 8 heteroatoms. The van der Waals surface area contributed by atoms with E-state index >= 15 is 0 Å². The van der Waals surface area contributed by atoms with Crippen LogP contribution in [0.5, 0.6) is 28.9 Å². The second kappa shape index (κ2) is 9.42. The molecule has 2 aromatic carbocycles. The Bertz CT molecular complexity index is 1110. The van der Waals surface area contributed by atoms with Crippen molar-refractivity contribution in [1.29, 1.82) is 0 Å². The molecule has 3 aromatic rings. The molecule has 0 aliphatic carbocycles. The number of rotatable bonds is 8. The smallest absolute Gasteiger partial charge is 0.310 e. The van der Waals surface area contributed by atoms with Gasteiger partial charge in [0.2, 0.25) is 5.88 Å². The standard InChI is InChI=1S/C23H25NO7/c1-26-17-8-7-13-9-16(24-23(31-6)21(13)22(17)30-5)15-12-19(28-3)18(27-2)10-14(15)11-20(25)29-4/h7-10,12H,11H2,1-6H3. The summed E-state index contributed by atoms with van der Waals surface area (Å²) in [6.07, 6.45) is 0.0418. The highest BCUT2D eigenvalue weighted by atomic mass is 16.5. The lowest BCUT2D eigenvalue weighted by molar-refractivity contribution is -0.139. The Morgan fingerprint density at radius 2 is 1.48 bits per heavy atom. The average molecular weight is 427 g/mol. The van der Waals surface area contributed by atoms with Crippen LogP contribution in [0.3, 0.4) is 0 Å². The zero-order chi connectivity index (χ0) is 22.5. The lowest BCUT2D eigenvalue weighted by Gasteiger charge is -2.17. The zero-order valence-electron chi connectivity index (χ0n) is 18.4. The van der Waals surface area contributed by atoms with Gasteiger partial charge in [-0.15, -0.1) is 0 Å².